The summed E-state index contributed by atoms with van der Waals surface area (Å²) in [6.45, 7) is 6.25. The lowest BCUT2D eigenvalue weighted by atomic mass is 9.48. The Morgan fingerprint density at radius 2 is 1.69 bits per heavy atom. The number of hydrogen-bond donors (Lipinski definition) is 1. The molecule has 5 fully saturated rings. The largest absolute Gasteiger partial charge is 0.378 e. The third-order valence-electron chi connectivity index (χ3n) is 9.89. The van der Waals surface area contributed by atoms with Crippen molar-refractivity contribution in [1.29, 1.82) is 0 Å². The summed E-state index contributed by atoms with van der Waals surface area (Å²) in [4.78, 5) is 0. The van der Waals surface area contributed by atoms with Crippen LogP contribution in [0.2, 0.25) is 0 Å². The summed E-state index contributed by atoms with van der Waals surface area (Å²) in [6.07, 6.45) is 10.7. The number of hydrogen-bond acceptors (Lipinski definition) is 3. The van der Waals surface area contributed by atoms with E-state index in [0.717, 1.165) is 56.1 Å². The van der Waals surface area contributed by atoms with Crippen molar-refractivity contribution in [2.75, 3.05) is 19.1 Å². The second-order valence-corrected chi connectivity index (χ2v) is 11.3. The van der Waals surface area contributed by atoms with Gasteiger partial charge in [0.15, 0.2) is 5.79 Å². The van der Waals surface area contributed by atoms with Crippen LogP contribution in [0.3, 0.4) is 0 Å². The fourth-order valence-electron chi connectivity index (χ4n) is 8.78. The minimum atomic E-state index is -0.795. The zero-order valence-corrected chi connectivity index (χ0v) is 18.8. The van der Waals surface area contributed by atoms with E-state index >= 15 is 0 Å². The molecule has 3 nitrogen and oxygen atoms in total. The van der Waals surface area contributed by atoms with Crippen molar-refractivity contribution in [3.8, 4) is 11.8 Å². The molecule has 1 aliphatic heterocycles. The first kappa shape index (κ1) is 20.6. The quantitative estimate of drug-likeness (QED) is 0.479. The van der Waals surface area contributed by atoms with Crippen LogP contribution in [0.5, 0.6) is 0 Å². The summed E-state index contributed by atoms with van der Waals surface area (Å²) < 4.78 is 12.3. The smallest absolute Gasteiger partial charge is 0.169 e. The summed E-state index contributed by atoms with van der Waals surface area (Å²) in [6, 6.07) is 0. The van der Waals surface area contributed by atoms with E-state index in [1.165, 1.54) is 38.5 Å². The third kappa shape index (κ3) is 3.29. The van der Waals surface area contributed by atoms with E-state index in [1.807, 2.05) is 0 Å². The molecule has 4 unspecified atom stereocenters. The van der Waals surface area contributed by atoms with Crippen molar-refractivity contribution in [3.05, 3.63) is 0 Å². The second kappa shape index (κ2) is 7.40. The number of rotatable bonds is 1. The van der Waals surface area contributed by atoms with Gasteiger partial charge in [-0.25, -0.2) is 0 Å². The monoisotopic (exact) mass is 420 g/mol. The molecule has 0 bridgehead atoms. The van der Waals surface area contributed by atoms with Gasteiger partial charge in [0.1, 0.15) is 5.60 Å². The summed E-state index contributed by atoms with van der Waals surface area (Å²) >= 11 is 5.74. The van der Waals surface area contributed by atoms with Gasteiger partial charge in [-0.3, -0.25) is 0 Å². The Kier molecular flexibility index (Phi) is 5.27. The van der Waals surface area contributed by atoms with E-state index in [0.29, 0.717) is 23.1 Å². The highest BCUT2D eigenvalue weighted by molar-refractivity contribution is 6.19. The standard InChI is InChI=1S/C25H37ClO3/c1-23-11-8-19-18-9-12-25(27,10-3-13-26)16-17(18)4-5-20(19)21(23)6-7-22(23)24(2)28-14-15-29-24/h17-22,27H,4-9,11-16H2,1-2H3/t17?,18-,19?,20?,21?,22-,23-,25+/m0/s1. The molecular weight excluding hydrogens is 384 g/mol. The molecule has 0 amide bonds. The van der Waals surface area contributed by atoms with Gasteiger partial charge >= 0.3 is 0 Å². The van der Waals surface area contributed by atoms with Crippen LogP contribution in [-0.2, 0) is 9.47 Å². The molecule has 1 N–H and O–H groups in total. The molecule has 4 saturated carbocycles. The average molecular weight is 421 g/mol. The van der Waals surface area contributed by atoms with Crippen LogP contribution in [-0.4, -0.2) is 35.6 Å². The Bertz CT molecular complexity index is 692. The van der Waals surface area contributed by atoms with Crippen LogP contribution >= 0.6 is 11.6 Å². The number of aliphatic hydroxyl groups is 1. The molecule has 8 atom stereocenters. The van der Waals surface area contributed by atoms with Crippen LogP contribution in [0.15, 0.2) is 0 Å². The van der Waals surface area contributed by atoms with Crippen molar-refractivity contribution in [2.24, 2.45) is 40.9 Å². The van der Waals surface area contributed by atoms with Gasteiger partial charge in [-0.1, -0.05) is 18.8 Å². The molecule has 0 radical (unpaired) electrons. The molecule has 5 rings (SSSR count). The summed E-state index contributed by atoms with van der Waals surface area (Å²) in [5, 5.41) is 11.0. The van der Waals surface area contributed by atoms with E-state index in [-0.39, 0.29) is 5.79 Å². The fraction of sp³-hybridized carbons (Fsp3) is 0.920. The zero-order chi connectivity index (χ0) is 20.3. The van der Waals surface area contributed by atoms with Gasteiger partial charge in [-0.15, -0.1) is 11.6 Å². The van der Waals surface area contributed by atoms with Crippen molar-refractivity contribution in [2.45, 2.75) is 83.0 Å². The molecule has 1 heterocycles. The number of halogens is 1. The first-order valence-corrected chi connectivity index (χ1v) is 12.5. The van der Waals surface area contributed by atoms with Crippen molar-refractivity contribution < 1.29 is 14.6 Å². The summed E-state index contributed by atoms with van der Waals surface area (Å²) in [5.74, 6) is 10.4. The highest BCUT2D eigenvalue weighted by atomic mass is 35.5. The molecule has 0 spiro atoms. The van der Waals surface area contributed by atoms with Crippen LogP contribution in [0.4, 0.5) is 0 Å². The molecule has 1 saturated heterocycles. The molecule has 0 aromatic carbocycles. The lowest BCUT2D eigenvalue weighted by molar-refractivity contribution is -0.215. The number of alkyl halides is 1. The first-order chi connectivity index (χ1) is 13.9. The van der Waals surface area contributed by atoms with Crippen molar-refractivity contribution in [3.63, 3.8) is 0 Å². The van der Waals surface area contributed by atoms with Crippen molar-refractivity contribution >= 4 is 11.6 Å². The molecule has 4 heteroatoms. The Hall–Kier alpha value is -0.270. The molecular formula is C25H37ClO3. The van der Waals surface area contributed by atoms with E-state index in [4.69, 9.17) is 21.1 Å². The molecule has 5 aliphatic rings. The average Bonchev–Trinajstić information content (AvgIpc) is 3.30. The van der Waals surface area contributed by atoms with Gasteiger partial charge in [0.2, 0.25) is 0 Å². The first-order valence-electron chi connectivity index (χ1n) is 11.9. The normalized spacial score (nSPS) is 50.8. The molecule has 0 aromatic rings. The minimum Gasteiger partial charge on any atom is -0.378 e. The van der Waals surface area contributed by atoms with Crippen LogP contribution in [0.1, 0.15) is 71.6 Å². The SMILES string of the molecule is CC1([C@H]2CCC3C4CCC5C[C@@](O)(C#CCCl)CC[C@@H]5C4CC[C@@]32C)OCCO1. The summed E-state index contributed by atoms with van der Waals surface area (Å²) in [5.41, 5.74) is -0.440. The van der Waals surface area contributed by atoms with E-state index < -0.39 is 5.60 Å². The predicted molar refractivity (Wildman–Crippen MR) is 114 cm³/mol. The highest BCUT2D eigenvalue weighted by Gasteiger charge is 2.62. The molecule has 0 aromatic heterocycles. The Morgan fingerprint density at radius 1 is 0.931 bits per heavy atom. The van der Waals surface area contributed by atoms with Crippen LogP contribution in [0, 0.1) is 52.8 Å². The van der Waals surface area contributed by atoms with Gasteiger partial charge < -0.3 is 14.6 Å². The number of ether oxygens (including phenoxy) is 2. The number of fused-ring (bicyclic) bond motifs is 5. The van der Waals surface area contributed by atoms with Gasteiger partial charge in [0, 0.05) is 5.92 Å². The third-order valence-corrected chi connectivity index (χ3v) is 10.0. The van der Waals surface area contributed by atoms with Gasteiger partial charge in [0.05, 0.1) is 19.1 Å². The molecule has 4 aliphatic carbocycles. The predicted octanol–water partition coefficient (Wildman–Crippen LogP) is 4.99. The topological polar surface area (TPSA) is 38.7 Å². The Labute approximate surface area is 181 Å². The fourth-order valence-corrected chi connectivity index (χ4v) is 8.85. The van der Waals surface area contributed by atoms with Gasteiger partial charge in [-0.05, 0) is 99.7 Å². The van der Waals surface area contributed by atoms with Crippen molar-refractivity contribution in [1.82, 2.24) is 0 Å². The maximum absolute atomic E-state index is 11.0. The lowest BCUT2D eigenvalue weighted by Crippen LogP contribution is -2.53. The summed E-state index contributed by atoms with van der Waals surface area (Å²) in [7, 11) is 0. The Balaban J connectivity index is 1.33. The maximum atomic E-state index is 11.0. The van der Waals surface area contributed by atoms with Gasteiger partial charge in [-0.2, -0.15) is 0 Å². The van der Waals surface area contributed by atoms with Crippen LogP contribution in [0.25, 0.3) is 0 Å². The van der Waals surface area contributed by atoms with Crippen LogP contribution < -0.4 is 0 Å². The van der Waals surface area contributed by atoms with E-state index in [9.17, 15) is 5.11 Å². The minimum absolute atomic E-state index is 0.314. The molecule has 29 heavy (non-hydrogen) atoms. The van der Waals surface area contributed by atoms with E-state index in [2.05, 4.69) is 25.7 Å². The van der Waals surface area contributed by atoms with Gasteiger partial charge in [0.25, 0.3) is 0 Å². The lowest BCUT2D eigenvalue weighted by Gasteiger charge is -2.57. The Morgan fingerprint density at radius 3 is 2.45 bits per heavy atom. The second-order valence-electron chi connectivity index (χ2n) is 11.0. The highest BCUT2D eigenvalue weighted by Crippen LogP contribution is 2.66. The zero-order valence-electron chi connectivity index (χ0n) is 18.1. The molecule has 162 valence electrons. The van der Waals surface area contributed by atoms with E-state index in [1.54, 1.807) is 0 Å². The maximum Gasteiger partial charge on any atom is 0.169 e.